The normalized spacial score (nSPS) is 29.2. The molecule has 64 valence electrons. The van der Waals surface area contributed by atoms with Gasteiger partial charge < -0.3 is 0 Å². The third kappa shape index (κ3) is 1.50. The fourth-order valence-electron chi connectivity index (χ4n) is 2.08. The predicted molar refractivity (Wildman–Crippen MR) is 48.8 cm³/mol. The SMILES string of the molecule is O=C1C=C2C=CCCC2CCC1. The Kier molecular flexibility index (Phi) is 2.11. The molecule has 0 aliphatic heterocycles. The van der Waals surface area contributed by atoms with E-state index in [-0.39, 0.29) is 0 Å². The van der Waals surface area contributed by atoms with E-state index in [0.717, 1.165) is 12.8 Å². The highest BCUT2D eigenvalue weighted by Gasteiger charge is 2.18. The van der Waals surface area contributed by atoms with Gasteiger partial charge in [0.15, 0.2) is 5.78 Å². The predicted octanol–water partition coefficient (Wildman–Crippen LogP) is 2.63. The summed E-state index contributed by atoms with van der Waals surface area (Å²) in [6.07, 6.45) is 11.7. The molecule has 0 saturated carbocycles. The molecule has 0 aromatic rings. The molecule has 2 rings (SSSR count). The molecule has 1 nitrogen and oxygen atoms in total. The first kappa shape index (κ1) is 7.78. The van der Waals surface area contributed by atoms with Crippen molar-refractivity contribution in [2.24, 2.45) is 5.92 Å². The summed E-state index contributed by atoms with van der Waals surface area (Å²) in [5, 5.41) is 0. The quantitative estimate of drug-likeness (QED) is 0.535. The number of allylic oxidation sites excluding steroid dienone is 4. The van der Waals surface area contributed by atoms with Gasteiger partial charge in [-0.2, -0.15) is 0 Å². The third-order valence-electron chi connectivity index (χ3n) is 2.77. The average Bonchev–Trinajstić information content (AvgIpc) is 2.25. The summed E-state index contributed by atoms with van der Waals surface area (Å²) in [6, 6.07) is 0. The van der Waals surface area contributed by atoms with Crippen molar-refractivity contribution in [3.63, 3.8) is 0 Å². The molecule has 0 aromatic heterocycles. The van der Waals surface area contributed by atoms with Crippen LogP contribution in [-0.4, -0.2) is 5.78 Å². The Hall–Kier alpha value is -0.850. The Morgan fingerprint density at radius 3 is 3.17 bits per heavy atom. The minimum Gasteiger partial charge on any atom is -0.295 e. The van der Waals surface area contributed by atoms with Gasteiger partial charge in [0.2, 0.25) is 0 Å². The molecule has 0 aromatic carbocycles. The van der Waals surface area contributed by atoms with Crippen LogP contribution in [0.25, 0.3) is 0 Å². The number of hydrogen-bond donors (Lipinski definition) is 0. The van der Waals surface area contributed by atoms with Gasteiger partial charge in [-0.25, -0.2) is 0 Å². The van der Waals surface area contributed by atoms with Gasteiger partial charge >= 0.3 is 0 Å². The van der Waals surface area contributed by atoms with Gasteiger partial charge in [0.05, 0.1) is 0 Å². The van der Waals surface area contributed by atoms with E-state index < -0.39 is 0 Å². The van der Waals surface area contributed by atoms with Gasteiger partial charge in [0.25, 0.3) is 0 Å². The molecule has 0 heterocycles. The summed E-state index contributed by atoms with van der Waals surface area (Å²) in [7, 11) is 0. The molecule has 0 fully saturated rings. The maximum absolute atomic E-state index is 11.2. The first-order valence-electron chi connectivity index (χ1n) is 4.77. The van der Waals surface area contributed by atoms with Crippen LogP contribution in [0.1, 0.15) is 32.1 Å². The van der Waals surface area contributed by atoms with Crippen molar-refractivity contribution in [3.8, 4) is 0 Å². The number of carbonyl (C=O) groups is 1. The van der Waals surface area contributed by atoms with Crippen LogP contribution in [0.2, 0.25) is 0 Å². The maximum Gasteiger partial charge on any atom is 0.155 e. The Morgan fingerprint density at radius 1 is 1.33 bits per heavy atom. The van der Waals surface area contributed by atoms with Crippen molar-refractivity contribution in [1.29, 1.82) is 0 Å². The molecule has 1 atom stereocenters. The topological polar surface area (TPSA) is 17.1 Å². The highest BCUT2D eigenvalue weighted by atomic mass is 16.1. The number of rotatable bonds is 0. The van der Waals surface area contributed by atoms with E-state index in [1.54, 1.807) is 0 Å². The molecule has 1 heteroatoms. The summed E-state index contributed by atoms with van der Waals surface area (Å²) in [5.74, 6) is 1.00. The number of carbonyl (C=O) groups excluding carboxylic acids is 1. The Labute approximate surface area is 73.2 Å². The van der Waals surface area contributed by atoms with Crippen LogP contribution >= 0.6 is 0 Å². The van der Waals surface area contributed by atoms with Gasteiger partial charge in [-0.05, 0) is 43.3 Å². The lowest BCUT2D eigenvalue weighted by atomic mass is 9.87. The monoisotopic (exact) mass is 162 g/mol. The van der Waals surface area contributed by atoms with E-state index in [4.69, 9.17) is 0 Å². The van der Waals surface area contributed by atoms with Gasteiger partial charge in [0, 0.05) is 6.42 Å². The smallest absolute Gasteiger partial charge is 0.155 e. The zero-order chi connectivity index (χ0) is 8.39. The van der Waals surface area contributed by atoms with E-state index >= 15 is 0 Å². The first-order chi connectivity index (χ1) is 5.86. The lowest BCUT2D eigenvalue weighted by Gasteiger charge is -2.18. The van der Waals surface area contributed by atoms with Crippen molar-refractivity contribution < 1.29 is 4.79 Å². The van der Waals surface area contributed by atoms with Crippen molar-refractivity contribution in [3.05, 3.63) is 23.8 Å². The van der Waals surface area contributed by atoms with Crippen LogP contribution < -0.4 is 0 Å². The van der Waals surface area contributed by atoms with Crippen LogP contribution in [0.5, 0.6) is 0 Å². The molecule has 2 aliphatic carbocycles. The van der Waals surface area contributed by atoms with Gasteiger partial charge in [-0.3, -0.25) is 4.79 Å². The summed E-state index contributed by atoms with van der Waals surface area (Å²) in [4.78, 5) is 11.2. The largest absolute Gasteiger partial charge is 0.295 e. The highest BCUT2D eigenvalue weighted by molar-refractivity contribution is 5.91. The van der Waals surface area contributed by atoms with Crippen LogP contribution in [0, 0.1) is 5.92 Å². The second-order valence-corrected chi connectivity index (χ2v) is 3.68. The fourth-order valence-corrected chi connectivity index (χ4v) is 2.08. The Balaban J connectivity index is 2.25. The molecule has 12 heavy (non-hydrogen) atoms. The zero-order valence-electron chi connectivity index (χ0n) is 7.25. The van der Waals surface area contributed by atoms with E-state index in [1.165, 1.54) is 24.8 Å². The molecular weight excluding hydrogens is 148 g/mol. The highest BCUT2D eigenvalue weighted by Crippen LogP contribution is 2.30. The minimum absolute atomic E-state index is 0.319. The summed E-state index contributed by atoms with van der Waals surface area (Å²) in [5.41, 5.74) is 1.28. The molecule has 0 amide bonds. The second-order valence-electron chi connectivity index (χ2n) is 3.68. The first-order valence-corrected chi connectivity index (χ1v) is 4.77. The molecule has 0 N–H and O–H groups in total. The number of fused-ring (bicyclic) bond motifs is 1. The molecule has 1 unspecified atom stereocenters. The Bertz CT molecular complexity index is 248. The van der Waals surface area contributed by atoms with E-state index in [0.29, 0.717) is 11.7 Å². The molecule has 2 aliphatic rings. The fraction of sp³-hybridized carbons (Fsp3) is 0.545. The van der Waals surface area contributed by atoms with Crippen LogP contribution in [-0.2, 0) is 4.79 Å². The van der Waals surface area contributed by atoms with Gasteiger partial charge in [-0.1, -0.05) is 12.2 Å². The van der Waals surface area contributed by atoms with E-state index in [9.17, 15) is 4.79 Å². The molecule has 0 spiro atoms. The second kappa shape index (κ2) is 3.26. The van der Waals surface area contributed by atoms with Gasteiger partial charge in [0.1, 0.15) is 0 Å². The molecule has 0 bridgehead atoms. The number of hydrogen-bond acceptors (Lipinski definition) is 1. The lowest BCUT2D eigenvalue weighted by molar-refractivity contribution is -0.114. The Morgan fingerprint density at radius 2 is 2.25 bits per heavy atom. The molecule has 0 radical (unpaired) electrons. The van der Waals surface area contributed by atoms with Crippen molar-refractivity contribution in [1.82, 2.24) is 0 Å². The molecule has 0 saturated heterocycles. The lowest BCUT2D eigenvalue weighted by Crippen LogP contribution is -2.04. The standard InChI is InChI=1S/C11H14O/c12-11-7-3-6-9-4-1-2-5-10(9)8-11/h2,5,8-9H,1,3-4,6-7H2. The van der Waals surface area contributed by atoms with E-state index in [1.807, 2.05) is 6.08 Å². The number of ketones is 1. The van der Waals surface area contributed by atoms with Crippen LogP contribution in [0.15, 0.2) is 23.8 Å². The zero-order valence-corrected chi connectivity index (χ0v) is 7.25. The van der Waals surface area contributed by atoms with Crippen LogP contribution in [0.4, 0.5) is 0 Å². The molecular formula is C11H14O. The van der Waals surface area contributed by atoms with Crippen molar-refractivity contribution >= 4 is 5.78 Å². The summed E-state index contributed by atoms with van der Waals surface area (Å²) in [6.45, 7) is 0. The van der Waals surface area contributed by atoms with E-state index in [2.05, 4.69) is 12.2 Å². The summed E-state index contributed by atoms with van der Waals surface area (Å²) < 4.78 is 0. The maximum atomic E-state index is 11.2. The third-order valence-corrected chi connectivity index (χ3v) is 2.77. The van der Waals surface area contributed by atoms with Gasteiger partial charge in [-0.15, -0.1) is 0 Å². The summed E-state index contributed by atoms with van der Waals surface area (Å²) >= 11 is 0. The average molecular weight is 162 g/mol. The minimum atomic E-state index is 0.319. The van der Waals surface area contributed by atoms with Crippen molar-refractivity contribution in [2.45, 2.75) is 32.1 Å². The van der Waals surface area contributed by atoms with Crippen LogP contribution in [0.3, 0.4) is 0 Å². The van der Waals surface area contributed by atoms with Crippen molar-refractivity contribution in [2.75, 3.05) is 0 Å².